The number of para-hydroxylation sites is 1. The highest BCUT2D eigenvalue weighted by molar-refractivity contribution is 6.04. The molecule has 4 nitrogen and oxygen atoms in total. The Morgan fingerprint density at radius 3 is 2.77 bits per heavy atom. The summed E-state index contributed by atoms with van der Waals surface area (Å²) in [4.78, 5) is 12.8. The molecule has 1 amide bonds. The fraction of sp³-hybridized carbons (Fsp3) is 0.200. The molecule has 6 heteroatoms. The van der Waals surface area contributed by atoms with Crippen LogP contribution in [0.2, 0.25) is 0 Å². The summed E-state index contributed by atoms with van der Waals surface area (Å²) in [6.45, 7) is 1.79. The average molecular weight is 353 g/mol. The minimum Gasteiger partial charge on any atom is -0.320 e. The van der Waals surface area contributed by atoms with E-state index in [2.05, 4.69) is 10.4 Å². The molecule has 1 N–H and O–H groups in total. The van der Waals surface area contributed by atoms with Crippen molar-refractivity contribution in [3.8, 4) is 5.69 Å². The van der Waals surface area contributed by atoms with Crippen molar-refractivity contribution in [2.75, 3.05) is 5.32 Å². The van der Waals surface area contributed by atoms with Crippen LogP contribution in [0.1, 0.15) is 33.7 Å². The number of hydrogen-bond donors (Lipinski definition) is 1. The van der Waals surface area contributed by atoms with E-state index in [0.717, 1.165) is 29.7 Å². The van der Waals surface area contributed by atoms with Gasteiger partial charge in [0.2, 0.25) is 0 Å². The second-order valence-corrected chi connectivity index (χ2v) is 6.40. The number of carbonyl (C=O) groups is 1. The van der Waals surface area contributed by atoms with Gasteiger partial charge in [-0.2, -0.15) is 5.10 Å². The van der Waals surface area contributed by atoms with Crippen LogP contribution >= 0.6 is 0 Å². The van der Waals surface area contributed by atoms with Crippen LogP contribution in [-0.4, -0.2) is 15.7 Å². The van der Waals surface area contributed by atoms with E-state index < -0.39 is 17.5 Å². The largest absolute Gasteiger partial charge is 0.320 e. The van der Waals surface area contributed by atoms with Gasteiger partial charge in [-0.1, -0.05) is 18.2 Å². The van der Waals surface area contributed by atoms with Crippen LogP contribution in [-0.2, 0) is 12.8 Å². The van der Waals surface area contributed by atoms with Gasteiger partial charge in [-0.05, 0) is 56.0 Å². The van der Waals surface area contributed by atoms with Gasteiger partial charge in [0.15, 0.2) is 5.69 Å². The van der Waals surface area contributed by atoms with Crippen molar-refractivity contribution >= 4 is 11.6 Å². The minimum absolute atomic E-state index is 0.268. The molecular weight excluding hydrogens is 336 g/mol. The smallest absolute Gasteiger partial charge is 0.276 e. The Hall–Kier alpha value is -3.02. The molecule has 0 fully saturated rings. The molecule has 26 heavy (non-hydrogen) atoms. The van der Waals surface area contributed by atoms with Crippen LogP contribution in [0, 0.1) is 18.6 Å². The third-order valence-electron chi connectivity index (χ3n) is 4.67. The first-order valence-corrected chi connectivity index (χ1v) is 8.48. The number of aromatic nitrogens is 2. The molecule has 1 aliphatic carbocycles. The lowest BCUT2D eigenvalue weighted by molar-refractivity contribution is 0.102. The van der Waals surface area contributed by atoms with Crippen LogP contribution in [0.3, 0.4) is 0 Å². The van der Waals surface area contributed by atoms with Crippen molar-refractivity contribution in [2.24, 2.45) is 0 Å². The zero-order chi connectivity index (χ0) is 18.3. The van der Waals surface area contributed by atoms with Gasteiger partial charge < -0.3 is 5.32 Å². The first-order valence-electron chi connectivity index (χ1n) is 8.48. The number of nitrogens with one attached hydrogen (secondary N) is 1. The average Bonchev–Trinajstić information content (AvgIpc) is 3.21. The third kappa shape index (κ3) is 2.77. The van der Waals surface area contributed by atoms with Gasteiger partial charge in [-0.3, -0.25) is 4.79 Å². The zero-order valence-corrected chi connectivity index (χ0v) is 14.2. The number of fused-ring (bicyclic) bond motifs is 1. The maximum absolute atomic E-state index is 14.2. The maximum atomic E-state index is 14.2. The predicted octanol–water partition coefficient (Wildman–Crippen LogP) is 4.20. The molecular formula is C20H17F2N3O. The molecule has 0 bridgehead atoms. The summed E-state index contributed by atoms with van der Waals surface area (Å²) in [5, 5.41) is 7.11. The zero-order valence-electron chi connectivity index (χ0n) is 14.2. The molecule has 1 aromatic heterocycles. The van der Waals surface area contributed by atoms with Gasteiger partial charge in [0.25, 0.3) is 5.91 Å². The summed E-state index contributed by atoms with van der Waals surface area (Å²) in [6, 6.07) is 10.6. The Morgan fingerprint density at radius 2 is 1.96 bits per heavy atom. The topological polar surface area (TPSA) is 46.9 Å². The van der Waals surface area contributed by atoms with Gasteiger partial charge >= 0.3 is 0 Å². The standard InChI is InChI=1S/C20H17F2N3O/c1-12-9-10-13(21)11-16(12)23-20(26)19-14-5-4-8-17(14)25(24-19)18-7-3-2-6-15(18)22/h2-3,6-7,9-11H,4-5,8H2,1H3,(H,23,26). The number of benzene rings is 2. The quantitative estimate of drug-likeness (QED) is 0.767. The number of amides is 1. The number of anilines is 1. The third-order valence-corrected chi connectivity index (χ3v) is 4.67. The second kappa shape index (κ2) is 6.37. The summed E-state index contributed by atoms with van der Waals surface area (Å²) < 4.78 is 29.2. The van der Waals surface area contributed by atoms with Crippen molar-refractivity contribution in [3.05, 3.63) is 76.6 Å². The number of halogens is 2. The normalized spacial score (nSPS) is 12.9. The number of hydrogen-bond acceptors (Lipinski definition) is 2. The van der Waals surface area contributed by atoms with Crippen molar-refractivity contribution < 1.29 is 13.6 Å². The molecule has 0 spiro atoms. The SMILES string of the molecule is Cc1ccc(F)cc1NC(=O)c1nn(-c2ccccc2F)c2c1CCC2. The van der Waals surface area contributed by atoms with E-state index in [9.17, 15) is 13.6 Å². The molecule has 0 unspecified atom stereocenters. The monoisotopic (exact) mass is 353 g/mol. The van der Waals surface area contributed by atoms with Gasteiger partial charge in [0.1, 0.15) is 17.3 Å². The summed E-state index contributed by atoms with van der Waals surface area (Å²) >= 11 is 0. The molecule has 0 radical (unpaired) electrons. The van der Waals surface area contributed by atoms with Gasteiger partial charge in [-0.15, -0.1) is 0 Å². The van der Waals surface area contributed by atoms with E-state index in [1.807, 2.05) is 0 Å². The Labute approximate surface area is 149 Å². The summed E-state index contributed by atoms with van der Waals surface area (Å²) in [5.74, 6) is -1.22. The molecule has 0 atom stereocenters. The lowest BCUT2D eigenvalue weighted by atomic mass is 10.1. The van der Waals surface area contributed by atoms with Gasteiger partial charge in [0.05, 0.1) is 0 Å². The molecule has 0 saturated carbocycles. The fourth-order valence-corrected chi connectivity index (χ4v) is 3.35. The van der Waals surface area contributed by atoms with Crippen molar-refractivity contribution in [1.82, 2.24) is 9.78 Å². The molecule has 4 rings (SSSR count). The molecule has 0 aliphatic heterocycles. The summed E-state index contributed by atoms with van der Waals surface area (Å²) in [7, 11) is 0. The van der Waals surface area contributed by atoms with Gasteiger partial charge in [-0.25, -0.2) is 13.5 Å². The number of nitrogens with zero attached hydrogens (tertiary/aromatic N) is 2. The number of carbonyl (C=O) groups excluding carboxylic acids is 1. The van der Waals surface area contributed by atoms with Gasteiger partial charge in [0, 0.05) is 16.9 Å². The molecule has 132 valence electrons. The van der Waals surface area contributed by atoms with Crippen LogP contribution in [0.4, 0.5) is 14.5 Å². The highest BCUT2D eigenvalue weighted by Gasteiger charge is 2.28. The Bertz CT molecular complexity index is 1010. The molecule has 3 aromatic rings. The molecule has 2 aromatic carbocycles. The minimum atomic E-state index is -0.423. The lowest BCUT2D eigenvalue weighted by Crippen LogP contribution is -2.16. The first kappa shape index (κ1) is 16.4. The maximum Gasteiger partial charge on any atom is 0.276 e. The molecule has 1 aliphatic rings. The Balaban J connectivity index is 1.74. The van der Waals surface area contributed by atoms with E-state index >= 15 is 0 Å². The van der Waals surface area contributed by atoms with Crippen molar-refractivity contribution in [1.29, 1.82) is 0 Å². The summed E-state index contributed by atoms with van der Waals surface area (Å²) in [6.07, 6.45) is 2.35. The molecule has 1 heterocycles. The van der Waals surface area contributed by atoms with E-state index in [1.165, 1.54) is 22.9 Å². The number of aryl methyl sites for hydroxylation is 1. The van der Waals surface area contributed by atoms with Crippen LogP contribution in [0.25, 0.3) is 5.69 Å². The van der Waals surface area contributed by atoms with Crippen molar-refractivity contribution in [2.45, 2.75) is 26.2 Å². The van der Waals surface area contributed by atoms with Crippen LogP contribution in [0.5, 0.6) is 0 Å². The lowest BCUT2D eigenvalue weighted by Gasteiger charge is -2.08. The van der Waals surface area contributed by atoms with Crippen LogP contribution < -0.4 is 5.32 Å². The summed E-state index contributed by atoms with van der Waals surface area (Å²) in [5.41, 5.74) is 3.44. The highest BCUT2D eigenvalue weighted by atomic mass is 19.1. The van der Waals surface area contributed by atoms with E-state index in [1.54, 1.807) is 31.2 Å². The second-order valence-electron chi connectivity index (χ2n) is 6.40. The van der Waals surface area contributed by atoms with Crippen molar-refractivity contribution in [3.63, 3.8) is 0 Å². The van der Waals surface area contributed by atoms with E-state index in [0.29, 0.717) is 17.8 Å². The number of rotatable bonds is 3. The fourth-order valence-electron chi connectivity index (χ4n) is 3.35. The van der Waals surface area contributed by atoms with E-state index in [-0.39, 0.29) is 5.69 Å². The highest BCUT2D eigenvalue weighted by Crippen LogP contribution is 2.29. The Morgan fingerprint density at radius 1 is 1.15 bits per heavy atom. The predicted molar refractivity (Wildman–Crippen MR) is 94.6 cm³/mol. The first-order chi connectivity index (χ1) is 12.5. The molecule has 0 saturated heterocycles. The van der Waals surface area contributed by atoms with Crippen LogP contribution in [0.15, 0.2) is 42.5 Å². The Kier molecular flexibility index (Phi) is 4.03. The van der Waals surface area contributed by atoms with E-state index in [4.69, 9.17) is 0 Å².